The number of alkyl halides is 2. The number of hydrogen-bond acceptors (Lipinski definition) is 5. The maximum absolute atomic E-state index is 13.5. The van der Waals surface area contributed by atoms with Gasteiger partial charge in [0.2, 0.25) is 5.78 Å². The van der Waals surface area contributed by atoms with Gasteiger partial charge >= 0.3 is 0 Å². The number of anilines is 1. The van der Waals surface area contributed by atoms with Crippen LogP contribution in [0.15, 0.2) is 28.7 Å². The molecule has 144 valence electrons. The van der Waals surface area contributed by atoms with Gasteiger partial charge in [-0.2, -0.15) is 0 Å². The highest BCUT2D eigenvalue weighted by molar-refractivity contribution is 9.10. The fourth-order valence-electron chi connectivity index (χ4n) is 2.30. The minimum Gasteiger partial charge on any atom is -0.493 e. The van der Waals surface area contributed by atoms with Crippen molar-refractivity contribution in [2.45, 2.75) is 6.43 Å². The second-order valence-electron chi connectivity index (χ2n) is 5.15. The van der Waals surface area contributed by atoms with Gasteiger partial charge in [0, 0.05) is 11.6 Å². The summed E-state index contributed by atoms with van der Waals surface area (Å²) in [6.45, 7) is -0.789. The number of nitrogens with one attached hydrogen (secondary N) is 1. The monoisotopic (exact) mass is 466 g/mol. The minimum absolute atomic E-state index is 0.0999. The minimum atomic E-state index is -2.72. The average Bonchev–Trinajstić information content (AvgIpc) is 2.60. The smallest absolute Gasteiger partial charge is 0.284 e. The van der Waals surface area contributed by atoms with Crippen LogP contribution in [0.25, 0.3) is 0 Å². The standard InChI is InChI=1S/C16H11BrClF3N2O4/c1-27-16-10(22-6-12(20)21)5-11(23(25)26)13(14(16)17)15(24)8-4-7(19)2-3-9(8)18/h2-5,12,22H,6H2,1H3. The van der Waals surface area contributed by atoms with E-state index < -0.39 is 40.7 Å². The number of ether oxygens (including phenoxy) is 1. The van der Waals surface area contributed by atoms with Gasteiger partial charge < -0.3 is 10.1 Å². The van der Waals surface area contributed by atoms with E-state index >= 15 is 0 Å². The molecule has 0 fully saturated rings. The van der Waals surface area contributed by atoms with Crippen molar-refractivity contribution < 1.29 is 27.6 Å². The van der Waals surface area contributed by atoms with Crippen LogP contribution in [0.2, 0.25) is 5.02 Å². The molecule has 0 aromatic heterocycles. The second kappa shape index (κ2) is 8.57. The first-order chi connectivity index (χ1) is 12.7. The third kappa shape index (κ3) is 4.51. The first-order valence-electron chi connectivity index (χ1n) is 7.24. The van der Waals surface area contributed by atoms with E-state index in [1.165, 1.54) is 7.11 Å². The van der Waals surface area contributed by atoms with Gasteiger partial charge in [0.15, 0.2) is 5.75 Å². The van der Waals surface area contributed by atoms with Crippen LogP contribution in [0.1, 0.15) is 15.9 Å². The number of carbonyl (C=O) groups excluding carboxylic acids is 1. The van der Waals surface area contributed by atoms with Crippen molar-refractivity contribution in [3.63, 3.8) is 0 Å². The SMILES string of the molecule is COc1c(NCC(F)F)cc([N+](=O)[O-])c(C(=O)c2cc(F)ccc2Cl)c1Br. The summed E-state index contributed by atoms with van der Waals surface area (Å²) >= 11 is 8.96. The van der Waals surface area contributed by atoms with E-state index in [2.05, 4.69) is 21.2 Å². The number of carbonyl (C=O) groups is 1. The topological polar surface area (TPSA) is 81.5 Å². The molecule has 0 bridgehead atoms. The largest absolute Gasteiger partial charge is 0.493 e. The molecule has 0 atom stereocenters. The number of rotatable bonds is 7. The molecule has 6 nitrogen and oxygen atoms in total. The molecule has 0 aliphatic heterocycles. The normalized spacial score (nSPS) is 10.8. The van der Waals surface area contributed by atoms with Crippen molar-refractivity contribution in [3.05, 3.63) is 60.8 Å². The van der Waals surface area contributed by atoms with Gasteiger partial charge in [-0.25, -0.2) is 13.2 Å². The lowest BCUT2D eigenvalue weighted by atomic mass is 10.00. The Morgan fingerprint density at radius 1 is 1.41 bits per heavy atom. The zero-order valence-corrected chi connectivity index (χ0v) is 15.9. The van der Waals surface area contributed by atoms with Crippen LogP contribution >= 0.6 is 27.5 Å². The molecule has 0 amide bonds. The summed E-state index contributed by atoms with van der Waals surface area (Å²) in [5, 5.41) is 13.7. The molecule has 0 unspecified atom stereocenters. The summed E-state index contributed by atoms with van der Waals surface area (Å²) < 4.78 is 43.4. The van der Waals surface area contributed by atoms with Crippen molar-refractivity contribution in [3.8, 4) is 5.75 Å². The van der Waals surface area contributed by atoms with Gasteiger partial charge in [-0.05, 0) is 34.1 Å². The second-order valence-corrected chi connectivity index (χ2v) is 6.35. The Hall–Kier alpha value is -2.33. The lowest BCUT2D eigenvalue weighted by Gasteiger charge is -2.16. The van der Waals surface area contributed by atoms with E-state index in [9.17, 15) is 28.1 Å². The number of hydrogen-bond donors (Lipinski definition) is 1. The number of benzene rings is 2. The van der Waals surface area contributed by atoms with Crippen LogP contribution in [-0.4, -0.2) is 30.8 Å². The first kappa shape index (κ1) is 21.0. The molecule has 0 heterocycles. The molecule has 0 saturated heterocycles. The van der Waals surface area contributed by atoms with Crippen molar-refractivity contribution in [2.24, 2.45) is 0 Å². The molecule has 0 radical (unpaired) electrons. The predicted octanol–water partition coefficient (Wildman–Crippen LogP) is 5.07. The number of methoxy groups -OCH3 is 1. The summed E-state index contributed by atoms with van der Waals surface area (Å²) in [6, 6.07) is 3.91. The molecule has 2 rings (SSSR count). The number of ketones is 1. The third-order valence-electron chi connectivity index (χ3n) is 3.45. The molecule has 0 spiro atoms. The highest BCUT2D eigenvalue weighted by Gasteiger charge is 2.31. The first-order valence-corrected chi connectivity index (χ1v) is 8.41. The maximum atomic E-state index is 13.5. The molecule has 0 aliphatic carbocycles. The Balaban J connectivity index is 2.69. The Morgan fingerprint density at radius 3 is 2.63 bits per heavy atom. The fourth-order valence-corrected chi connectivity index (χ4v) is 3.26. The van der Waals surface area contributed by atoms with Gasteiger partial charge in [-0.15, -0.1) is 0 Å². The zero-order valence-electron chi connectivity index (χ0n) is 13.6. The Kier molecular flexibility index (Phi) is 6.66. The van der Waals surface area contributed by atoms with Gasteiger partial charge in [0.05, 0.1) is 33.8 Å². The van der Waals surface area contributed by atoms with Crippen LogP contribution in [0.5, 0.6) is 5.75 Å². The Labute approximate surface area is 164 Å². The lowest BCUT2D eigenvalue weighted by Crippen LogP contribution is -2.14. The molecule has 2 aromatic rings. The summed E-state index contributed by atoms with van der Waals surface area (Å²) in [7, 11) is 1.20. The summed E-state index contributed by atoms with van der Waals surface area (Å²) in [5.41, 5.74) is -1.55. The molecule has 0 saturated carbocycles. The average molecular weight is 468 g/mol. The van der Waals surface area contributed by atoms with Crippen LogP contribution in [0, 0.1) is 15.9 Å². The van der Waals surface area contributed by atoms with Crippen LogP contribution in [0.4, 0.5) is 24.5 Å². The van der Waals surface area contributed by atoms with Gasteiger partial charge in [0.25, 0.3) is 12.1 Å². The van der Waals surface area contributed by atoms with E-state index in [4.69, 9.17) is 16.3 Å². The van der Waals surface area contributed by atoms with E-state index in [-0.39, 0.29) is 26.5 Å². The highest BCUT2D eigenvalue weighted by atomic mass is 79.9. The molecule has 27 heavy (non-hydrogen) atoms. The predicted molar refractivity (Wildman–Crippen MR) is 96.7 cm³/mol. The van der Waals surface area contributed by atoms with E-state index in [0.717, 1.165) is 24.3 Å². The number of nitro groups is 1. The van der Waals surface area contributed by atoms with Crippen molar-refractivity contribution in [2.75, 3.05) is 19.0 Å². The molecule has 11 heteroatoms. The number of nitro benzene ring substituents is 1. The highest BCUT2D eigenvalue weighted by Crippen LogP contribution is 2.43. The fraction of sp³-hybridized carbons (Fsp3) is 0.188. The van der Waals surface area contributed by atoms with E-state index in [1.807, 2.05) is 0 Å². The van der Waals surface area contributed by atoms with Crippen molar-refractivity contribution in [1.82, 2.24) is 0 Å². The Morgan fingerprint density at radius 2 is 2.07 bits per heavy atom. The zero-order chi connectivity index (χ0) is 20.3. The maximum Gasteiger partial charge on any atom is 0.284 e. The van der Waals surface area contributed by atoms with Gasteiger partial charge in [-0.3, -0.25) is 14.9 Å². The van der Waals surface area contributed by atoms with E-state index in [0.29, 0.717) is 0 Å². The molecular weight excluding hydrogens is 457 g/mol. The molecular formula is C16H11BrClF3N2O4. The number of halogens is 5. The quantitative estimate of drug-likeness (QED) is 0.349. The third-order valence-corrected chi connectivity index (χ3v) is 4.53. The van der Waals surface area contributed by atoms with Crippen LogP contribution in [0.3, 0.4) is 0 Å². The van der Waals surface area contributed by atoms with Crippen LogP contribution in [-0.2, 0) is 0 Å². The summed E-state index contributed by atoms with van der Waals surface area (Å²) in [5.74, 6) is -1.79. The van der Waals surface area contributed by atoms with Crippen molar-refractivity contribution >= 4 is 44.7 Å². The summed E-state index contributed by atoms with van der Waals surface area (Å²) in [6.07, 6.45) is -2.72. The Bertz CT molecular complexity index is 912. The van der Waals surface area contributed by atoms with Crippen LogP contribution < -0.4 is 10.1 Å². The number of nitrogens with zero attached hydrogens (tertiary/aromatic N) is 1. The molecule has 2 aromatic carbocycles. The van der Waals surface area contributed by atoms with Crippen molar-refractivity contribution in [1.29, 1.82) is 0 Å². The lowest BCUT2D eigenvalue weighted by molar-refractivity contribution is -0.385. The summed E-state index contributed by atoms with van der Waals surface area (Å²) in [4.78, 5) is 23.4. The van der Waals surface area contributed by atoms with E-state index in [1.54, 1.807) is 0 Å². The van der Waals surface area contributed by atoms with Gasteiger partial charge in [0.1, 0.15) is 11.4 Å². The molecule has 0 aliphatic rings. The van der Waals surface area contributed by atoms with Gasteiger partial charge in [-0.1, -0.05) is 11.6 Å². The molecule has 1 N–H and O–H groups in total.